The van der Waals surface area contributed by atoms with E-state index < -0.39 is 46.9 Å². The molecule has 2 heterocycles. The molecule has 162 valence electrons. The summed E-state index contributed by atoms with van der Waals surface area (Å²) in [4.78, 5) is 56.1. The molecule has 0 N–H and O–H groups in total. The van der Waals surface area contributed by atoms with E-state index in [4.69, 9.17) is 4.74 Å². The molecule has 3 aromatic carbocycles. The van der Waals surface area contributed by atoms with Crippen molar-refractivity contribution < 1.29 is 23.9 Å². The third-order valence-corrected chi connectivity index (χ3v) is 7.00. The zero-order valence-electron chi connectivity index (χ0n) is 17.7. The number of nitrogens with zero attached hydrogens (tertiary/aromatic N) is 1. The number of hydrogen-bond donors (Lipinski definition) is 0. The van der Waals surface area contributed by atoms with Gasteiger partial charge in [0.1, 0.15) is 0 Å². The first-order valence-corrected chi connectivity index (χ1v) is 10.8. The number of fused-ring (bicyclic) bond motifs is 3. The molecular weight excluding hydrogens is 418 g/mol. The van der Waals surface area contributed by atoms with Crippen molar-refractivity contribution in [1.82, 2.24) is 0 Å². The summed E-state index contributed by atoms with van der Waals surface area (Å²) in [6.07, 6.45) is -0.899. The van der Waals surface area contributed by atoms with E-state index in [9.17, 15) is 19.2 Å². The lowest BCUT2D eigenvalue weighted by atomic mass is 9.77. The van der Waals surface area contributed by atoms with Crippen molar-refractivity contribution in [1.29, 1.82) is 0 Å². The molecule has 0 unspecified atom stereocenters. The lowest BCUT2D eigenvalue weighted by molar-refractivity contribution is -0.127. The van der Waals surface area contributed by atoms with Crippen molar-refractivity contribution in [2.45, 2.75) is 18.6 Å². The van der Waals surface area contributed by atoms with Crippen molar-refractivity contribution in [3.8, 4) is 0 Å². The number of Topliss-reactive ketones (excluding diaryl/α,β-unsaturated/α-hetero) is 2. The lowest BCUT2D eigenvalue weighted by Gasteiger charge is -2.27. The molecule has 2 amide bonds. The summed E-state index contributed by atoms with van der Waals surface area (Å²) < 4.78 is 6.26. The summed E-state index contributed by atoms with van der Waals surface area (Å²) >= 11 is 0. The Balaban J connectivity index is 1.57. The molecule has 3 atom stereocenters. The predicted molar refractivity (Wildman–Crippen MR) is 119 cm³/mol. The number of para-hydroxylation sites is 1. The predicted octanol–water partition coefficient (Wildman–Crippen LogP) is 3.69. The number of carbonyl (C=O) groups excluding carboxylic acids is 4. The fraction of sp³-hybridized carbons (Fsp3) is 0.185. The Morgan fingerprint density at radius 1 is 0.727 bits per heavy atom. The van der Waals surface area contributed by atoms with Crippen LogP contribution in [0.1, 0.15) is 37.9 Å². The number of hydrogen-bond acceptors (Lipinski definition) is 5. The number of benzene rings is 3. The van der Waals surface area contributed by atoms with Gasteiger partial charge in [-0.2, -0.15) is 0 Å². The van der Waals surface area contributed by atoms with Gasteiger partial charge in [-0.1, -0.05) is 72.8 Å². The van der Waals surface area contributed by atoms with Crippen LogP contribution in [0.25, 0.3) is 0 Å². The zero-order chi connectivity index (χ0) is 22.9. The maximum Gasteiger partial charge on any atom is 0.241 e. The van der Waals surface area contributed by atoms with Crippen LogP contribution in [0.3, 0.4) is 0 Å². The standard InChI is InChI=1S/C27H19NO5/c1-15-9-5-8-14-19(15)28-25(31)20-21(26(28)32)27(33-22(20)16-10-3-2-4-11-16)23(29)17-12-6-7-13-18(17)24(27)30/h2-14,20-22H,1H3/t20-,21-,22+/m0/s1. The highest BCUT2D eigenvalue weighted by Gasteiger charge is 2.74. The van der Waals surface area contributed by atoms with Gasteiger partial charge in [-0.3, -0.25) is 19.2 Å². The van der Waals surface area contributed by atoms with E-state index in [-0.39, 0.29) is 11.1 Å². The number of amides is 2. The first-order valence-electron chi connectivity index (χ1n) is 10.8. The van der Waals surface area contributed by atoms with Crippen molar-refractivity contribution in [2.24, 2.45) is 11.8 Å². The van der Waals surface area contributed by atoms with Crippen LogP contribution in [0, 0.1) is 18.8 Å². The van der Waals surface area contributed by atoms with Crippen LogP contribution in [0.2, 0.25) is 0 Å². The Kier molecular flexibility index (Phi) is 4.07. The van der Waals surface area contributed by atoms with Gasteiger partial charge >= 0.3 is 0 Å². The van der Waals surface area contributed by atoms with Crippen LogP contribution >= 0.6 is 0 Å². The highest BCUT2D eigenvalue weighted by molar-refractivity contribution is 6.37. The van der Waals surface area contributed by atoms with Gasteiger partial charge in [-0.15, -0.1) is 0 Å². The van der Waals surface area contributed by atoms with Gasteiger partial charge in [0, 0.05) is 11.1 Å². The van der Waals surface area contributed by atoms with Gasteiger partial charge in [0.25, 0.3) is 0 Å². The van der Waals surface area contributed by atoms with Crippen LogP contribution in [-0.2, 0) is 14.3 Å². The van der Waals surface area contributed by atoms with Gasteiger partial charge in [0.05, 0.1) is 23.6 Å². The SMILES string of the molecule is Cc1ccccc1N1C(=O)[C@@H]2[C@@H](c3ccccc3)OC3(C(=O)c4ccccc4C3=O)[C@@H]2C1=O. The summed E-state index contributed by atoms with van der Waals surface area (Å²) in [5.41, 5.74) is 0.263. The number of anilines is 1. The summed E-state index contributed by atoms with van der Waals surface area (Å²) in [6, 6.07) is 22.6. The van der Waals surface area contributed by atoms with E-state index in [2.05, 4.69) is 0 Å². The molecular formula is C27H19NO5. The van der Waals surface area contributed by atoms with Crippen LogP contribution in [0.5, 0.6) is 0 Å². The van der Waals surface area contributed by atoms with Crippen LogP contribution in [-0.4, -0.2) is 29.0 Å². The molecule has 33 heavy (non-hydrogen) atoms. The third kappa shape index (κ3) is 2.41. The Hall–Kier alpha value is -3.90. The smallest absolute Gasteiger partial charge is 0.241 e. The Morgan fingerprint density at radius 3 is 1.94 bits per heavy atom. The van der Waals surface area contributed by atoms with Gasteiger partial charge in [-0.25, -0.2) is 4.90 Å². The van der Waals surface area contributed by atoms with Gasteiger partial charge < -0.3 is 4.74 Å². The molecule has 6 rings (SSSR count). The quantitative estimate of drug-likeness (QED) is 0.451. The normalized spacial score (nSPS) is 25.1. The molecule has 0 saturated carbocycles. The van der Waals surface area contributed by atoms with Gasteiger partial charge in [-0.05, 0) is 24.1 Å². The second kappa shape index (κ2) is 6.80. The van der Waals surface area contributed by atoms with Crippen molar-refractivity contribution in [3.05, 3.63) is 101 Å². The van der Waals surface area contributed by atoms with Crippen LogP contribution in [0.4, 0.5) is 5.69 Å². The second-order valence-electron chi connectivity index (χ2n) is 8.69. The minimum atomic E-state index is -2.04. The molecule has 0 radical (unpaired) electrons. The van der Waals surface area contributed by atoms with Crippen LogP contribution < -0.4 is 4.90 Å². The zero-order valence-corrected chi connectivity index (χ0v) is 17.7. The van der Waals surface area contributed by atoms with Gasteiger partial charge in [0.2, 0.25) is 29.0 Å². The summed E-state index contributed by atoms with van der Waals surface area (Å²) in [7, 11) is 0. The number of imide groups is 1. The number of ketones is 2. The van der Waals surface area contributed by atoms with E-state index in [1.54, 1.807) is 60.7 Å². The molecule has 2 fully saturated rings. The van der Waals surface area contributed by atoms with E-state index in [0.29, 0.717) is 11.3 Å². The average Bonchev–Trinajstić information content (AvgIpc) is 3.40. The minimum absolute atomic E-state index is 0.226. The Labute approximate surface area is 189 Å². The number of ether oxygens (including phenoxy) is 1. The molecule has 2 aliphatic heterocycles. The van der Waals surface area contributed by atoms with Crippen molar-refractivity contribution in [2.75, 3.05) is 4.90 Å². The second-order valence-corrected chi connectivity index (χ2v) is 8.69. The largest absolute Gasteiger partial charge is 0.349 e. The summed E-state index contributed by atoms with van der Waals surface area (Å²) in [6.45, 7) is 1.81. The van der Waals surface area contributed by atoms with E-state index >= 15 is 0 Å². The van der Waals surface area contributed by atoms with Crippen molar-refractivity contribution in [3.63, 3.8) is 0 Å². The monoisotopic (exact) mass is 437 g/mol. The third-order valence-electron chi connectivity index (χ3n) is 7.00. The van der Waals surface area contributed by atoms with Gasteiger partial charge in [0.15, 0.2) is 0 Å². The average molecular weight is 437 g/mol. The highest BCUT2D eigenvalue weighted by Crippen LogP contribution is 2.57. The molecule has 6 nitrogen and oxygen atoms in total. The topological polar surface area (TPSA) is 80.8 Å². The molecule has 1 aliphatic carbocycles. The molecule has 0 bridgehead atoms. The molecule has 3 aromatic rings. The fourth-order valence-electron chi connectivity index (χ4n) is 5.51. The minimum Gasteiger partial charge on any atom is -0.349 e. The first-order chi connectivity index (χ1) is 16.0. The summed E-state index contributed by atoms with van der Waals surface area (Å²) in [5.74, 6) is -4.36. The molecule has 1 spiro atoms. The van der Waals surface area contributed by atoms with E-state index in [1.807, 2.05) is 25.1 Å². The molecule has 6 heteroatoms. The number of carbonyl (C=O) groups is 4. The number of aryl methyl sites for hydroxylation is 1. The first kappa shape index (κ1) is 19.8. The fourth-order valence-corrected chi connectivity index (χ4v) is 5.51. The number of rotatable bonds is 2. The molecule has 2 saturated heterocycles. The molecule has 0 aromatic heterocycles. The molecule has 3 aliphatic rings. The Bertz CT molecular complexity index is 1330. The van der Waals surface area contributed by atoms with Crippen molar-refractivity contribution >= 4 is 29.1 Å². The lowest BCUT2D eigenvalue weighted by Crippen LogP contribution is -2.51. The van der Waals surface area contributed by atoms with E-state index in [0.717, 1.165) is 10.5 Å². The van der Waals surface area contributed by atoms with E-state index in [1.165, 1.54) is 0 Å². The maximum absolute atomic E-state index is 13.9. The summed E-state index contributed by atoms with van der Waals surface area (Å²) in [5, 5.41) is 0. The highest BCUT2D eigenvalue weighted by atomic mass is 16.5. The van der Waals surface area contributed by atoms with Crippen LogP contribution in [0.15, 0.2) is 78.9 Å². The Morgan fingerprint density at radius 2 is 1.30 bits per heavy atom. The maximum atomic E-state index is 13.9.